The zero-order valence-electron chi connectivity index (χ0n) is 16.7. The lowest BCUT2D eigenvalue weighted by atomic mass is 9.90. The Morgan fingerprint density at radius 2 is 1.57 bits per heavy atom. The van der Waals surface area contributed by atoms with Crippen LogP contribution in [0.2, 0.25) is 0 Å². The summed E-state index contributed by atoms with van der Waals surface area (Å²) >= 11 is 0. The number of aromatic nitrogens is 1. The molecular weight excluding hydrogens is 413 g/mol. The van der Waals surface area contributed by atoms with Crippen molar-refractivity contribution in [1.82, 2.24) is 9.71 Å². The Kier molecular flexibility index (Phi) is 5.75. The van der Waals surface area contributed by atoms with E-state index in [2.05, 4.69) is 9.71 Å². The number of benzene rings is 2. The average molecular weight is 434 g/mol. The molecule has 0 aliphatic carbocycles. The molecule has 3 rings (SSSR count). The van der Waals surface area contributed by atoms with Crippen LogP contribution in [0.5, 0.6) is 0 Å². The highest BCUT2D eigenvalue weighted by molar-refractivity contribution is 7.89. The molecule has 0 unspecified atom stereocenters. The van der Waals surface area contributed by atoms with Gasteiger partial charge in [-0.25, -0.2) is 13.1 Å². The van der Waals surface area contributed by atoms with Crippen molar-refractivity contribution in [1.29, 1.82) is 0 Å². The second-order valence-electron chi connectivity index (χ2n) is 7.52. The van der Waals surface area contributed by atoms with Crippen molar-refractivity contribution in [3.63, 3.8) is 0 Å². The maximum Gasteiger partial charge on any atom is 0.416 e. The second-order valence-corrected chi connectivity index (χ2v) is 9.20. The maximum absolute atomic E-state index is 13.0. The van der Waals surface area contributed by atoms with E-state index in [4.69, 9.17) is 0 Å². The minimum absolute atomic E-state index is 0.438. The van der Waals surface area contributed by atoms with Crippen molar-refractivity contribution < 1.29 is 21.6 Å². The number of nitrogens with one attached hydrogen (secondary N) is 1. The van der Waals surface area contributed by atoms with Crippen LogP contribution in [0.1, 0.15) is 30.5 Å². The summed E-state index contributed by atoms with van der Waals surface area (Å²) in [5, 5.41) is 0. The number of rotatable bonds is 5. The molecule has 0 atom stereocenters. The van der Waals surface area contributed by atoms with Crippen LogP contribution in [-0.4, -0.2) is 13.4 Å². The van der Waals surface area contributed by atoms with Crippen molar-refractivity contribution in [2.24, 2.45) is 0 Å². The number of halogens is 3. The molecule has 3 aromatic rings. The van der Waals surface area contributed by atoms with Gasteiger partial charge in [0.25, 0.3) is 0 Å². The molecule has 0 saturated heterocycles. The van der Waals surface area contributed by atoms with Gasteiger partial charge in [-0.05, 0) is 79.4 Å². The molecule has 1 heterocycles. The Morgan fingerprint density at radius 3 is 2.20 bits per heavy atom. The van der Waals surface area contributed by atoms with Crippen LogP contribution in [0.25, 0.3) is 11.1 Å². The van der Waals surface area contributed by atoms with E-state index < -0.39 is 32.2 Å². The SMILES string of the molecule is Cc1ccc(C(C)(C)NS(=O)(=O)c2cccc(C(F)(F)F)c2)cc1-c1ccncc1. The molecule has 2 aromatic carbocycles. The molecule has 0 saturated carbocycles. The van der Waals surface area contributed by atoms with E-state index in [1.807, 2.05) is 31.2 Å². The number of hydrogen-bond acceptors (Lipinski definition) is 3. The number of alkyl halides is 3. The summed E-state index contributed by atoms with van der Waals surface area (Å²) in [4.78, 5) is 3.57. The van der Waals surface area contributed by atoms with E-state index in [-0.39, 0.29) is 0 Å². The van der Waals surface area contributed by atoms with Gasteiger partial charge in [-0.15, -0.1) is 0 Å². The van der Waals surface area contributed by atoms with Gasteiger partial charge in [0.15, 0.2) is 0 Å². The highest BCUT2D eigenvalue weighted by Gasteiger charge is 2.33. The fourth-order valence-electron chi connectivity index (χ4n) is 3.15. The smallest absolute Gasteiger partial charge is 0.265 e. The Labute approximate surface area is 173 Å². The van der Waals surface area contributed by atoms with Crippen molar-refractivity contribution in [2.75, 3.05) is 0 Å². The summed E-state index contributed by atoms with van der Waals surface area (Å²) in [5.41, 5.74) is 1.44. The normalized spacial score (nSPS) is 12.7. The topological polar surface area (TPSA) is 59.1 Å². The highest BCUT2D eigenvalue weighted by atomic mass is 32.2. The van der Waals surface area contributed by atoms with E-state index in [9.17, 15) is 21.6 Å². The van der Waals surface area contributed by atoms with E-state index >= 15 is 0 Å². The molecule has 0 spiro atoms. The number of pyridine rings is 1. The van der Waals surface area contributed by atoms with Crippen molar-refractivity contribution >= 4 is 10.0 Å². The van der Waals surface area contributed by atoms with E-state index in [0.29, 0.717) is 11.6 Å². The predicted octanol–water partition coefficient (Wildman–Crippen LogP) is 5.29. The van der Waals surface area contributed by atoms with Crippen molar-refractivity contribution in [2.45, 2.75) is 37.4 Å². The van der Waals surface area contributed by atoms with E-state index in [1.165, 1.54) is 0 Å². The van der Waals surface area contributed by atoms with Crippen LogP contribution in [-0.2, 0) is 21.7 Å². The molecule has 4 nitrogen and oxygen atoms in total. The molecule has 0 aliphatic heterocycles. The molecule has 0 aliphatic rings. The molecule has 1 N–H and O–H groups in total. The first kappa shape index (κ1) is 22.0. The summed E-state index contributed by atoms with van der Waals surface area (Å²) in [7, 11) is -4.20. The molecule has 0 bridgehead atoms. The van der Waals surface area contributed by atoms with Crippen LogP contribution < -0.4 is 4.72 Å². The summed E-state index contributed by atoms with van der Waals surface area (Å²) in [6, 6.07) is 13.0. The van der Waals surface area contributed by atoms with Crippen molar-refractivity contribution in [3.05, 3.63) is 83.7 Å². The quantitative estimate of drug-likeness (QED) is 0.594. The third kappa shape index (κ3) is 4.71. The number of sulfonamides is 1. The zero-order valence-corrected chi connectivity index (χ0v) is 17.5. The van der Waals surface area contributed by atoms with Gasteiger partial charge in [0, 0.05) is 12.4 Å². The van der Waals surface area contributed by atoms with E-state index in [1.54, 1.807) is 32.3 Å². The molecule has 0 radical (unpaired) electrons. The maximum atomic E-state index is 13.0. The molecule has 8 heteroatoms. The van der Waals surface area contributed by atoms with Crippen molar-refractivity contribution in [3.8, 4) is 11.1 Å². The zero-order chi connectivity index (χ0) is 22.2. The number of aryl methyl sites for hydroxylation is 1. The molecule has 30 heavy (non-hydrogen) atoms. The Morgan fingerprint density at radius 1 is 0.900 bits per heavy atom. The first-order chi connectivity index (χ1) is 13.9. The monoisotopic (exact) mass is 434 g/mol. The van der Waals surface area contributed by atoms with Crippen LogP contribution >= 0.6 is 0 Å². The summed E-state index contributed by atoms with van der Waals surface area (Å²) in [6.45, 7) is 5.28. The van der Waals surface area contributed by atoms with E-state index in [0.717, 1.165) is 34.9 Å². The highest BCUT2D eigenvalue weighted by Crippen LogP contribution is 2.32. The summed E-state index contributed by atoms with van der Waals surface area (Å²) in [5.74, 6) is 0. The second kappa shape index (κ2) is 7.85. The molecule has 0 fully saturated rings. The van der Waals surface area contributed by atoms with Gasteiger partial charge in [-0.1, -0.05) is 18.2 Å². The Bertz CT molecular complexity index is 1160. The first-order valence-electron chi connectivity index (χ1n) is 9.13. The average Bonchev–Trinajstić information content (AvgIpc) is 2.67. The standard InChI is InChI=1S/C22H21F3N2O2S/c1-15-7-8-17(14-20(15)16-9-11-26-12-10-16)21(2,3)27-30(28,29)19-6-4-5-18(13-19)22(23,24)25/h4-14,27H,1-3H3. The van der Waals surface area contributed by atoms with Gasteiger partial charge >= 0.3 is 6.18 Å². The largest absolute Gasteiger partial charge is 0.416 e. The summed E-state index contributed by atoms with van der Waals surface area (Å²) < 4.78 is 67.2. The van der Waals surface area contributed by atoms with Gasteiger partial charge in [0.2, 0.25) is 10.0 Å². The van der Waals surface area contributed by atoms with Crippen LogP contribution in [0.4, 0.5) is 13.2 Å². The lowest BCUT2D eigenvalue weighted by Gasteiger charge is -2.28. The lowest BCUT2D eigenvalue weighted by Crippen LogP contribution is -2.41. The fourth-order valence-corrected chi connectivity index (χ4v) is 4.59. The number of nitrogens with zero attached hydrogens (tertiary/aromatic N) is 1. The summed E-state index contributed by atoms with van der Waals surface area (Å²) in [6.07, 6.45) is -1.29. The molecule has 1 aromatic heterocycles. The lowest BCUT2D eigenvalue weighted by molar-refractivity contribution is -0.137. The molecule has 0 amide bonds. The third-order valence-electron chi connectivity index (χ3n) is 4.81. The Hall–Kier alpha value is -2.71. The van der Waals surface area contributed by atoms with Crippen LogP contribution in [0, 0.1) is 6.92 Å². The predicted molar refractivity (Wildman–Crippen MR) is 109 cm³/mol. The van der Waals surface area contributed by atoms with Gasteiger partial charge < -0.3 is 0 Å². The minimum atomic E-state index is -4.63. The Balaban J connectivity index is 1.97. The number of hydrogen-bond donors (Lipinski definition) is 1. The van der Waals surface area contributed by atoms with Crippen LogP contribution in [0.15, 0.2) is 71.9 Å². The third-order valence-corrected chi connectivity index (χ3v) is 6.47. The first-order valence-corrected chi connectivity index (χ1v) is 10.6. The molecule has 158 valence electrons. The van der Waals surface area contributed by atoms with Crippen LogP contribution in [0.3, 0.4) is 0 Å². The van der Waals surface area contributed by atoms with Gasteiger partial charge in [-0.3, -0.25) is 4.98 Å². The molecular formula is C22H21F3N2O2S. The van der Waals surface area contributed by atoms with Gasteiger partial charge in [0.1, 0.15) is 0 Å². The minimum Gasteiger partial charge on any atom is -0.265 e. The van der Waals surface area contributed by atoms with Gasteiger partial charge in [-0.2, -0.15) is 13.2 Å². The van der Waals surface area contributed by atoms with Gasteiger partial charge in [0.05, 0.1) is 16.0 Å². The fraction of sp³-hybridized carbons (Fsp3) is 0.227.